The molecular formula is C24H22N6OS. The van der Waals surface area contributed by atoms with E-state index >= 15 is 0 Å². The van der Waals surface area contributed by atoms with Crippen LogP contribution in [0.25, 0.3) is 6.08 Å². The van der Waals surface area contributed by atoms with Gasteiger partial charge in [-0.05, 0) is 67.6 Å². The molecule has 160 valence electrons. The van der Waals surface area contributed by atoms with Crippen molar-refractivity contribution >= 4 is 29.4 Å². The molecule has 4 aromatic rings. The van der Waals surface area contributed by atoms with E-state index in [1.54, 1.807) is 17.0 Å². The number of nitrogens with zero attached hydrogens (tertiary/aromatic N) is 5. The lowest BCUT2D eigenvalue weighted by atomic mass is 10.2. The van der Waals surface area contributed by atoms with Crippen molar-refractivity contribution in [1.29, 1.82) is 0 Å². The van der Waals surface area contributed by atoms with Crippen LogP contribution in [0.2, 0.25) is 0 Å². The summed E-state index contributed by atoms with van der Waals surface area (Å²) >= 11 is 1.49. The number of nitrogens with one attached hydrogen (secondary N) is 1. The Hall–Kier alpha value is -3.78. The number of aryl methyl sites for hydroxylation is 2. The molecule has 0 fully saturated rings. The predicted molar refractivity (Wildman–Crippen MR) is 125 cm³/mol. The molecule has 0 aliphatic heterocycles. The Morgan fingerprint density at radius 1 is 1.03 bits per heavy atom. The summed E-state index contributed by atoms with van der Waals surface area (Å²) in [5.41, 5.74) is 4.34. The smallest absolute Gasteiger partial charge is 0.248 e. The van der Waals surface area contributed by atoms with Gasteiger partial charge in [-0.3, -0.25) is 4.79 Å². The number of carbonyl (C=O) groups excluding carboxylic acids is 1. The molecule has 0 saturated carbocycles. The van der Waals surface area contributed by atoms with E-state index in [9.17, 15) is 4.79 Å². The number of carbonyl (C=O) groups is 1. The van der Waals surface area contributed by atoms with Crippen molar-refractivity contribution in [1.82, 2.24) is 25.0 Å². The van der Waals surface area contributed by atoms with Crippen molar-refractivity contribution in [3.63, 3.8) is 0 Å². The van der Waals surface area contributed by atoms with Gasteiger partial charge in [-0.25, -0.2) is 14.6 Å². The van der Waals surface area contributed by atoms with Gasteiger partial charge in [0.25, 0.3) is 0 Å². The Labute approximate surface area is 190 Å². The van der Waals surface area contributed by atoms with Gasteiger partial charge in [0.2, 0.25) is 5.91 Å². The van der Waals surface area contributed by atoms with Crippen LogP contribution >= 0.6 is 11.8 Å². The van der Waals surface area contributed by atoms with Gasteiger partial charge in [-0.2, -0.15) is 0 Å². The summed E-state index contributed by atoms with van der Waals surface area (Å²) in [4.78, 5) is 22.1. The summed E-state index contributed by atoms with van der Waals surface area (Å²) in [5, 5.41) is 11.7. The van der Waals surface area contributed by atoms with Crippen molar-refractivity contribution < 1.29 is 4.79 Å². The number of hydrogen-bond donors (Lipinski definition) is 1. The Balaban J connectivity index is 1.31. The molecule has 0 saturated heterocycles. The first-order valence-electron chi connectivity index (χ1n) is 10.1. The summed E-state index contributed by atoms with van der Waals surface area (Å²) in [7, 11) is 0. The number of rotatable bonds is 7. The van der Waals surface area contributed by atoms with E-state index in [0.29, 0.717) is 23.1 Å². The number of amides is 1. The fourth-order valence-corrected chi connectivity index (χ4v) is 3.90. The van der Waals surface area contributed by atoms with Crippen molar-refractivity contribution in [3.8, 4) is 0 Å². The molecule has 2 aromatic heterocycles. The molecule has 2 aromatic carbocycles. The van der Waals surface area contributed by atoms with Crippen LogP contribution in [0.5, 0.6) is 0 Å². The normalized spacial score (nSPS) is 11.1. The second-order valence-corrected chi connectivity index (χ2v) is 8.25. The number of benzene rings is 2. The monoisotopic (exact) mass is 442 g/mol. The zero-order chi connectivity index (χ0) is 22.3. The molecule has 1 amide bonds. The highest BCUT2D eigenvalue weighted by molar-refractivity contribution is 7.99. The van der Waals surface area contributed by atoms with Crippen LogP contribution in [0.1, 0.15) is 22.6 Å². The van der Waals surface area contributed by atoms with Crippen LogP contribution in [0, 0.1) is 13.8 Å². The second-order valence-electron chi connectivity index (χ2n) is 7.21. The minimum Gasteiger partial charge on any atom is -0.323 e. The fraction of sp³-hybridized carbons (Fsp3) is 0.125. The van der Waals surface area contributed by atoms with Gasteiger partial charge >= 0.3 is 0 Å². The highest BCUT2D eigenvalue weighted by atomic mass is 32.2. The molecule has 32 heavy (non-hydrogen) atoms. The van der Waals surface area contributed by atoms with E-state index < -0.39 is 0 Å². The summed E-state index contributed by atoms with van der Waals surface area (Å²) in [6, 6.07) is 19.5. The summed E-state index contributed by atoms with van der Waals surface area (Å²) in [5.74, 6) is -0.236. The van der Waals surface area contributed by atoms with Crippen molar-refractivity contribution in [2.24, 2.45) is 0 Å². The van der Waals surface area contributed by atoms with E-state index in [-0.39, 0.29) is 5.91 Å². The Morgan fingerprint density at radius 2 is 1.75 bits per heavy atom. The van der Waals surface area contributed by atoms with Crippen molar-refractivity contribution in [2.75, 3.05) is 5.32 Å². The molecule has 0 unspecified atom stereocenters. The largest absolute Gasteiger partial charge is 0.323 e. The second kappa shape index (κ2) is 10.0. The van der Waals surface area contributed by atoms with Crippen molar-refractivity contribution in [2.45, 2.75) is 30.4 Å². The quantitative estimate of drug-likeness (QED) is 0.334. The standard InChI is InChI=1S/C24H22N6OS/c1-17-14-18(2)26-24(25-17)32-22-11-8-20(9-12-22)27-23(31)13-10-21-16-30(29-28-21)15-19-6-4-3-5-7-19/h3-14,16H,15H2,1-2H3,(H,27,31)/b13-10+. The fourth-order valence-electron chi connectivity index (χ4n) is 3.03. The lowest BCUT2D eigenvalue weighted by molar-refractivity contribution is -0.111. The van der Waals surface area contributed by atoms with Gasteiger partial charge in [0.05, 0.1) is 12.7 Å². The average Bonchev–Trinajstić information content (AvgIpc) is 3.21. The molecule has 0 bridgehead atoms. The molecule has 7 nitrogen and oxygen atoms in total. The molecule has 0 aliphatic carbocycles. The van der Waals surface area contributed by atoms with Gasteiger partial charge in [0.1, 0.15) is 5.69 Å². The molecule has 0 radical (unpaired) electrons. The minimum atomic E-state index is -0.236. The lowest BCUT2D eigenvalue weighted by Crippen LogP contribution is -2.07. The molecule has 0 aliphatic rings. The van der Waals surface area contributed by atoms with E-state index in [1.165, 1.54) is 17.8 Å². The van der Waals surface area contributed by atoms with Gasteiger partial charge in [-0.15, -0.1) is 5.10 Å². The first-order chi connectivity index (χ1) is 15.5. The van der Waals surface area contributed by atoms with E-state index in [0.717, 1.165) is 21.8 Å². The minimum absolute atomic E-state index is 0.236. The average molecular weight is 443 g/mol. The Bertz CT molecular complexity index is 1210. The lowest BCUT2D eigenvalue weighted by Gasteiger charge is -2.05. The zero-order valence-electron chi connectivity index (χ0n) is 17.8. The van der Waals surface area contributed by atoms with Crippen molar-refractivity contribution in [3.05, 3.63) is 95.6 Å². The topological polar surface area (TPSA) is 85.6 Å². The van der Waals surface area contributed by atoms with Crippen LogP contribution in [0.15, 0.2) is 83.0 Å². The summed E-state index contributed by atoms with van der Waals surface area (Å²) in [6.07, 6.45) is 4.90. The van der Waals surface area contributed by atoms with Gasteiger partial charge in [0.15, 0.2) is 5.16 Å². The highest BCUT2D eigenvalue weighted by Gasteiger charge is 2.05. The van der Waals surface area contributed by atoms with Crippen LogP contribution in [0.4, 0.5) is 5.69 Å². The summed E-state index contributed by atoms with van der Waals surface area (Å²) < 4.78 is 1.74. The number of hydrogen-bond acceptors (Lipinski definition) is 6. The highest BCUT2D eigenvalue weighted by Crippen LogP contribution is 2.26. The molecule has 1 N–H and O–H groups in total. The van der Waals surface area contributed by atoms with E-state index in [4.69, 9.17) is 0 Å². The van der Waals surface area contributed by atoms with Crippen LogP contribution in [0.3, 0.4) is 0 Å². The Morgan fingerprint density at radius 3 is 2.47 bits per heavy atom. The molecule has 2 heterocycles. The van der Waals surface area contributed by atoms with Gasteiger partial charge < -0.3 is 5.32 Å². The molecule has 0 atom stereocenters. The number of aromatic nitrogens is 5. The molecule has 4 rings (SSSR count). The molecular weight excluding hydrogens is 420 g/mol. The first kappa shape index (κ1) is 21.5. The maximum atomic E-state index is 12.3. The SMILES string of the molecule is Cc1cc(C)nc(Sc2ccc(NC(=O)/C=C/c3cn(Cc4ccccc4)nn3)cc2)n1. The van der Waals surface area contributed by atoms with E-state index in [2.05, 4.69) is 25.6 Å². The Kier molecular flexibility index (Phi) is 6.72. The third-order valence-corrected chi connectivity index (χ3v) is 5.32. The number of anilines is 1. The third-order valence-electron chi connectivity index (χ3n) is 4.44. The van der Waals surface area contributed by atoms with Gasteiger partial charge in [-0.1, -0.05) is 35.5 Å². The van der Waals surface area contributed by atoms with E-state index in [1.807, 2.05) is 74.5 Å². The van der Waals surface area contributed by atoms with Crippen LogP contribution in [-0.4, -0.2) is 30.9 Å². The maximum Gasteiger partial charge on any atom is 0.248 e. The maximum absolute atomic E-state index is 12.3. The predicted octanol–water partition coefficient (Wildman–Crippen LogP) is 4.54. The summed E-state index contributed by atoms with van der Waals surface area (Å²) in [6.45, 7) is 4.54. The van der Waals surface area contributed by atoms with Gasteiger partial charge in [0, 0.05) is 28.0 Å². The van der Waals surface area contributed by atoms with Crippen LogP contribution in [-0.2, 0) is 11.3 Å². The molecule has 0 spiro atoms. The zero-order valence-corrected chi connectivity index (χ0v) is 18.6. The third kappa shape index (κ3) is 6.12. The molecule has 8 heteroatoms. The van der Waals surface area contributed by atoms with Crippen LogP contribution < -0.4 is 5.32 Å². The first-order valence-corrected chi connectivity index (χ1v) is 10.9.